The predicted molar refractivity (Wildman–Crippen MR) is 114 cm³/mol. The molecule has 0 fully saturated rings. The van der Waals surface area contributed by atoms with E-state index in [1.165, 1.54) is 23.6 Å². The SMILES string of the molecule is COc1ccc(NC(=O)c2cnc(C)c(N3C=C(c4cncs4)NN3)c2)cc1C(F)(F)F. The molecule has 8 nitrogen and oxygen atoms in total. The molecule has 1 aliphatic rings. The monoisotopic (exact) mass is 462 g/mol. The molecular formula is C20H17F3N6O2S. The van der Waals surface area contributed by atoms with Crippen molar-refractivity contribution in [2.75, 3.05) is 17.4 Å². The van der Waals surface area contributed by atoms with Gasteiger partial charge in [-0.05, 0) is 31.2 Å². The van der Waals surface area contributed by atoms with Gasteiger partial charge in [0, 0.05) is 24.3 Å². The molecule has 0 unspecified atom stereocenters. The average molecular weight is 462 g/mol. The number of pyridine rings is 1. The first-order chi connectivity index (χ1) is 15.3. The molecule has 3 heterocycles. The normalized spacial score (nSPS) is 13.5. The van der Waals surface area contributed by atoms with Gasteiger partial charge in [-0.15, -0.1) is 16.9 Å². The Balaban J connectivity index is 1.57. The second-order valence-corrected chi connectivity index (χ2v) is 7.60. The highest BCUT2D eigenvalue weighted by atomic mass is 32.1. The van der Waals surface area contributed by atoms with E-state index in [-0.39, 0.29) is 17.0 Å². The third-order valence-electron chi connectivity index (χ3n) is 4.61. The molecule has 1 aromatic carbocycles. The van der Waals surface area contributed by atoms with Crippen LogP contribution in [-0.2, 0) is 6.18 Å². The molecule has 166 valence electrons. The van der Waals surface area contributed by atoms with Crippen molar-refractivity contribution in [1.82, 2.24) is 20.9 Å². The maximum atomic E-state index is 13.2. The van der Waals surface area contributed by atoms with E-state index >= 15 is 0 Å². The van der Waals surface area contributed by atoms with Gasteiger partial charge in [-0.2, -0.15) is 13.2 Å². The molecule has 0 radical (unpaired) electrons. The number of hydrazine groups is 2. The van der Waals surface area contributed by atoms with Crippen molar-refractivity contribution in [2.45, 2.75) is 13.1 Å². The summed E-state index contributed by atoms with van der Waals surface area (Å²) < 4.78 is 44.5. The average Bonchev–Trinajstić information content (AvgIpc) is 3.45. The fourth-order valence-electron chi connectivity index (χ4n) is 3.02. The summed E-state index contributed by atoms with van der Waals surface area (Å²) in [5.74, 6) is -0.929. The Kier molecular flexibility index (Phi) is 5.72. The number of nitrogens with zero attached hydrogens (tertiary/aromatic N) is 3. The van der Waals surface area contributed by atoms with Crippen LogP contribution in [0.25, 0.3) is 5.70 Å². The summed E-state index contributed by atoms with van der Waals surface area (Å²) in [6.07, 6.45) is 0.243. The number of nitrogens with one attached hydrogen (secondary N) is 3. The minimum absolute atomic E-state index is 0.0152. The maximum absolute atomic E-state index is 13.2. The number of benzene rings is 1. The first kappa shape index (κ1) is 21.6. The molecule has 3 N–H and O–H groups in total. The molecule has 1 amide bonds. The van der Waals surface area contributed by atoms with Crippen molar-refractivity contribution in [3.05, 3.63) is 70.1 Å². The van der Waals surface area contributed by atoms with Crippen molar-refractivity contribution < 1.29 is 22.7 Å². The Hall–Kier alpha value is -3.64. The van der Waals surface area contributed by atoms with Crippen LogP contribution >= 0.6 is 11.3 Å². The van der Waals surface area contributed by atoms with Crippen molar-refractivity contribution in [3.8, 4) is 5.75 Å². The lowest BCUT2D eigenvalue weighted by Crippen LogP contribution is -2.36. The van der Waals surface area contributed by atoms with Crippen LogP contribution in [0.1, 0.15) is 26.5 Å². The summed E-state index contributed by atoms with van der Waals surface area (Å²) in [5.41, 5.74) is 8.90. The zero-order valence-electron chi connectivity index (χ0n) is 16.8. The zero-order chi connectivity index (χ0) is 22.9. The van der Waals surface area contributed by atoms with Crippen LogP contribution in [-0.4, -0.2) is 23.0 Å². The third kappa shape index (κ3) is 4.36. The Morgan fingerprint density at radius 3 is 2.75 bits per heavy atom. The van der Waals surface area contributed by atoms with Gasteiger partial charge in [-0.3, -0.25) is 19.8 Å². The number of alkyl halides is 3. The summed E-state index contributed by atoms with van der Waals surface area (Å²) in [5, 5.41) is 4.14. The number of ether oxygens (including phenoxy) is 1. The van der Waals surface area contributed by atoms with Crippen LogP contribution in [0.3, 0.4) is 0 Å². The number of methoxy groups -OCH3 is 1. The molecule has 12 heteroatoms. The number of hydrogen-bond donors (Lipinski definition) is 3. The van der Waals surface area contributed by atoms with Gasteiger partial charge in [0.05, 0.1) is 45.7 Å². The van der Waals surface area contributed by atoms with Gasteiger partial charge in [-0.1, -0.05) is 0 Å². The Morgan fingerprint density at radius 1 is 1.25 bits per heavy atom. The molecule has 0 saturated heterocycles. The second kappa shape index (κ2) is 8.48. The van der Waals surface area contributed by atoms with Gasteiger partial charge in [0.2, 0.25) is 0 Å². The van der Waals surface area contributed by atoms with Gasteiger partial charge in [0.1, 0.15) is 5.75 Å². The Morgan fingerprint density at radius 2 is 2.06 bits per heavy atom. The quantitative estimate of drug-likeness (QED) is 0.529. The first-order valence-corrected chi connectivity index (χ1v) is 10.1. The molecular weight excluding hydrogens is 445 g/mol. The van der Waals surface area contributed by atoms with Crippen LogP contribution in [0.4, 0.5) is 24.5 Å². The van der Waals surface area contributed by atoms with Crippen molar-refractivity contribution in [2.24, 2.45) is 0 Å². The molecule has 0 spiro atoms. The van der Waals surface area contributed by atoms with E-state index < -0.39 is 17.6 Å². The highest BCUT2D eigenvalue weighted by Gasteiger charge is 2.34. The standard InChI is InChI=1S/C20H17F3N6O2S/c1-11-16(29-9-15(27-28-29)18-8-24-10-32-18)5-12(7-25-11)19(30)26-13-3-4-17(31-2)14(6-13)20(21,22)23/h3-10,27-28H,1-2H3,(H,26,30). The topological polar surface area (TPSA) is 91.4 Å². The molecule has 0 aliphatic carbocycles. The lowest BCUT2D eigenvalue weighted by atomic mass is 10.1. The van der Waals surface area contributed by atoms with Gasteiger partial charge < -0.3 is 15.5 Å². The van der Waals surface area contributed by atoms with Gasteiger partial charge in [0.25, 0.3) is 5.91 Å². The van der Waals surface area contributed by atoms with Crippen molar-refractivity contribution in [1.29, 1.82) is 0 Å². The van der Waals surface area contributed by atoms with Gasteiger partial charge in [-0.25, -0.2) is 0 Å². The third-order valence-corrected chi connectivity index (χ3v) is 5.42. The van der Waals surface area contributed by atoms with E-state index in [1.807, 2.05) is 0 Å². The van der Waals surface area contributed by atoms with Crippen LogP contribution in [0.15, 0.2) is 48.4 Å². The molecule has 1 aliphatic heterocycles. The summed E-state index contributed by atoms with van der Waals surface area (Å²) >= 11 is 1.46. The number of halogens is 3. The fraction of sp³-hybridized carbons (Fsp3) is 0.150. The Bertz CT molecular complexity index is 1180. The maximum Gasteiger partial charge on any atom is 0.420 e. The Labute approximate surface area is 184 Å². The number of carbonyl (C=O) groups excluding carboxylic acids is 1. The number of aryl methyl sites for hydroxylation is 1. The number of thiazole rings is 1. The molecule has 3 aromatic rings. The molecule has 2 aromatic heterocycles. The van der Waals surface area contributed by atoms with E-state index in [1.54, 1.807) is 35.9 Å². The van der Waals surface area contributed by atoms with E-state index in [4.69, 9.17) is 4.74 Å². The number of rotatable bonds is 5. The fourth-order valence-corrected chi connectivity index (χ4v) is 3.61. The molecule has 0 bridgehead atoms. The molecule has 32 heavy (non-hydrogen) atoms. The number of hydrogen-bond acceptors (Lipinski definition) is 8. The first-order valence-electron chi connectivity index (χ1n) is 9.21. The lowest BCUT2D eigenvalue weighted by Gasteiger charge is -2.18. The minimum atomic E-state index is -4.62. The van der Waals surface area contributed by atoms with Gasteiger partial charge in [0.15, 0.2) is 0 Å². The lowest BCUT2D eigenvalue weighted by molar-refractivity contribution is -0.138. The van der Waals surface area contributed by atoms with Crippen LogP contribution in [0.2, 0.25) is 0 Å². The number of amides is 1. The number of anilines is 2. The highest BCUT2D eigenvalue weighted by molar-refractivity contribution is 7.10. The largest absolute Gasteiger partial charge is 0.496 e. The van der Waals surface area contributed by atoms with Crippen molar-refractivity contribution >= 4 is 34.3 Å². The smallest absolute Gasteiger partial charge is 0.420 e. The summed E-state index contributed by atoms with van der Waals surface area (Å²) in [6, 6.07) is 4.91. The predicted octanol–water partition coefficient (Wildman–Crippen LogP) is 3.95. The second-order valence-electron chi connectivity index (χ2n) is 6.71. The van der Waals surface area contributed by atoms with E-state index in [9.17, 15) is 18.0 Å². The number of carbonyl (C=O) groups is 1. The molecule has 0 atom stereocenters. The van der Waals surface area contributed by atoms with Crippen LogP contribution < -0.4 is 26.0 Å². The molecule has 0 saturated carbocycles. The highest BCUT2D eigenvalue weighted by Crippen LogP contribution is 2.37. The number of aromatic nitrogens is 2. The minimum Gasteiger partial charge on any atom is -0.496 e. The van der Waals surface area contributed by atoms with Crippen molar-refractivity contribution in [3.63, 3.8) is 0 Å². The van der Waals surface area contributed by atoms with E-state index in [0.717, 1.165) is 29.8 Å². The van der Waals surface area contributed by atoms with E-state index in [0.29, 0.717) is 11.4 Å². The van der Waals surface area contributed by atoms with Crippen LogP contribution in [0.5, 0.6) is 5.75 Å². The van der Waals surface area contributed by atoms with Gasteiger partial charge >= 0.3 is 6.18 Å². The van der Waals surface area contributed by atoms with Crippen LogP contribution in [0, 0.1) is 6.92 Å². The zero-order valence-corrected chi connectivity index (χ0v) is 17.6. The summed E-state index contributed by atoms with van der Waals surface area (Å²) in [7, 11) is 1.15. The van der Waals surface area contributed by atoms with E-state index in [2.05, 4.69) is 26.2 Å². The summed E-state index contributed by atoms with van der Waals surface area (Å²) in [4.78, 5) is 21.9. The summed E-state index contributed by atoms with van der Waals surface area (Å²) in [6.45, 7) is 1.77. The molecule has 4 rings (SSSR count).